The molecule has 0 radical (unpaired) electrons. The second-order valence-electron chi connectivity index (χ2n) is 4.64. The number of halogens is 4. The number of hydrogen-bond donors (Lipinski definition) is 1. The fourth-order valence-corrected chi connectivity index (χ4v) is 2.37. The van der Waals surface area contributed by atoms with Crippen LogP contribution in [0.5, 0.6) is 0 Å². The molecule has 0 aliphatic rings. The third-order valence-electron chi connectivity index (χ3n) is 3.28. The highest BCUT2D eigenvalue weighted by atomic mass is 35.5. The van der Waals surface area contributed by atoms with Gasteiger partial charge in [-0.05, 0) is 43.8 Å². The van der Waals surface area contributed by atoms with E-state index >= 15 is 0 Å². The van der Waals surface area contributed by atoms with Crippen LogP contribution in [0, 0.1) is 0 Å². The van der Waals surface area contributed by atoms with Crippen molar-refractivity contribution in [1.82, 2.24) is 5.32 Å². The second-order valence-corrected chi connectivity index (χ2v) is 5.08. The van der Waals surface area contributed by atoms with Crippen molar-refractivity contribution in [2.75, 3.05) is 7.05 Å². The Kier molecular flexibility index (Phi) is 4.64. The molecular formula is C15H15ClF3NO. The molecule has 1 aromatic carbocycles. The zero-order chi connectivity index (χ0) is 15.6. The summed E-state index contributed by atoms with van der Waals surface area (Å²) in [6.07, 6.45) is -3.71. The Hall–Kier alpha value is -1.46. The summed E-state index contributed by atoms with van der Waals surface area (Å²) in [5, 5.41) is 3.09. The van der Waals surface area contributed by atoms with Crippen LogP contribution in [0.25, 0.3) is 11.3 Å². The monoisotopic (exact) mass is 317 g/mol. The van der Waals surface area contributed by atoms with Gasteiger partial charge in [0.05, 0.1) is 11.6 Å². The summed E-state index contributed by atoms with van der Waals surface area (Å²) in [6.45, 7) is 1.97. The Morgan fingerprint density at radius 1 is 1.24 bits per heavy atom. The van der Waals surface area contributed by atoms with Crippen LogP contribution in [-0.2, 0) is 6.18 Å². The zero-order valence-corrected chi connectivity index (χ0v) is 12.3. The summed E-state index contributed by atoms with van der Waals surface area (Å²) in [7, 11) is 1.78. The molecule has 114 valence electrons. The lowest BCUT2D eigenvalue weighted by molar-refractivity contribution is -0.137. The highest BCUT2D eigenvalue weighted by molar-refractivity contribution is 6.30. The Balaban J connectivity index is 2.48. The predicted octanol–water partition coefficient (Wildman–Crippen LogP) is 5.29. The van der Waals surface area contributed by atoms with Crippen molar-refractivity contribution < 1.29 is 17.6 Å². The molecule has 0 amide bonds. The van der Waals surface area contributed by atoms with Gasteiger partial charge in [-0.1, -0.05) is 18.5 Å². The van der Waals surface area contributed by atoms with Crippen molar-refractivity contribution in [2.45, 2.75) is 25.6 Å². The van der Waals surface area contributed by atoms with Gasteiger partial charge in [0.2, 0.25) is 0 Å². The maximum atomic E-state index is 13.1. The molecule has 0 spiro atoms. The molecule has 0 bridgehead atoms. The first-order valence-electron chi connectivity index (χ1n) is 6.51. The highest BCUT2D eigenvalue weighted by Gasteiger charge is 2.34. The average molecular weight is 318 g/mol. The van der Waals surface area contributed by atoms with E-state index in [9.17, 15) is 13.2 Å². The largest absolute Gasteiger partial charge is 0.459 e. The van der Waals surface area contributed by atoms with Gasteiger partial charge in [-0.2, -0.15) is 13.2 Å². The third kappa shape index (κ3) is 3.41. The molecule has 1 aromatic heterocycles. The molecule has 1 unspecified atom stereocenters. The van der Waals surface area contributed by atoms with Crippen LogP contribution in [0.2, 0.25) is 5.02 Å². The van der Waals surface area contributed by atoms with Crippen molar-refractivity contribution in [2.24, 2.45) is 0 Å². The first kappa shape index (κ1) is 15.9. The van der Waals surface area contributed by atoms with Crippen LogP contribution in [0.1, 0.15) is 30.7 Å². The van der Waals surface area contributed by atoms with Crippen LogP contribution >= 0.6 is 11.6 Å². The third-order valence-corrected chi connectivity index (χ3v) is 3.51. The van der Waals surface area contributed by atoms with Crippen molar-refractivity contribution in [3.05, 3.63) is 46.7 Å². The Labute approximate surface area is 125 Å². The molecule has 0 aliphatic heterocycles. The second kappa shape index (κ2) is 6.12. The fraction of sp³-hybridized carbons (Fsp3) is 0.333. The van der Waals surface area contributed by atoms with Crippen molar-refractivity contribution in [1.29, 1.82) is 0 Å². The number of alkyl halides is 3. The van der Waals surface area contributed by atoms with Gasteiger partial charge in [0.1, 0.15) is 11.5 Å². The maximum absolute atomic E-state index is 13.1. The minimum Gasteiger partial charge on any atom is -0.459 e. The standard InChI is InChI=1S/C15H15ClF3NO/c1-3-12(20-2)14-7-6-13(21-14)10-5-4-9(16)8-11(10)15(17,18)19/h4-8,12,20H,3H2,1-2H3. The van der Waals surface area contributed by atoms with E-state index in [-0.39, 0.29) is 22.4 Å². The summed E-state index contributed by atoms with van der Waals surface area (Å²) in [4.78, 5) is 0. The van der Waals surface area contributed by atoms with Gasteiger partial charge < -0.3 is 9.73 Å². The number of furan rings is 1. The number of nitrogens with one attached hydrogen (secondary N) is 1. The molecule has 2 rings (SSSR count). The van der Waals surface area contributed by atoms with Crippen molar-refractivity contribution in [3.63, 3.8) is 0 Å². The molecule has 21 heavy (non-hydrogen) atoms. The van der Waals surface area contributed by atoms with E-state index in [2.05, 4.69) is 5.32 Å². The Bertz CT molecular complexity index is 618. The quantitative estimate of drug-likeness (QED) is 0.829. The minimum absolute atomic E-state index is 0.0101. The van der Waals surface area contributed by atoms with E-state index in [4.69, 9.17) is 16.0 Å². The molecule has 1 heterocycles. The number of hydrogen-bond acceptors (Lipinski definition) is 2. The molecular weight excluding hydrogens is 303 g/mol. The molecule has 0 aliphatic carbocycles. The summed E-state index contributed by atoms with van der Waals surface area (Å²) >= 11 is 5.67. The first-order valence-corrected chi connectivity index (χ1v) is 6.88. The normalized spacial score (nSPS) is 13.4. The Morgan fingerprint density at radius 2 is 1.95 bits per heavy atom. The topological polar surface area (TPSA) is 25.2 Å². The van der Waals surface area contributed by atoms with Crippen LogP contribution in [0.4, 0.5) is 13.2 Å². The molecule has 6 heteroatoms. The molecule has 1 atom stereocenters. The lowest BCUT2D eigenvalue weighted by Gasteiger charge is -2.13. The highest BCUT2D eigenvalue weighted by Crippen LogP contribution is 2.39. The van der Waals surface area contributed by atoms with Gasteiger partial charge in [0.25, 0.3) is 0 Å². The van der Waals surface area contributed by atoms with Gasteiger partial charge in [0, 0.05) is 10.6 Å². The zero-order valence-electron chi connectivity index (χ0n) is 11.6. The van der Waals surface area contributed by atoms with Crippen LogP contribution < -0.4 is 5.32 Å². The lowest BCUT2D eigenvalue weighted by atomic mass is 10.1. The average Bonchev–Trinajstić information content (AvgIpc) is 2.88. The van der Waals surface area contributed by atoms with E-state index in [1.165, 1.54) is 12.1 Å². The summed E-state index contributed by atoms with van der Waals surface area (Å²) in [6, 6.07) is 6.87. The minimum atomic E-state index is -4.49. The van der Waals surface area contributed by atoms with Gasteiger partial charge >= 0.3 is 6.18 Å². The summed E-state index contributed by atoms with van der Waals surface area (Å²) in [5.74, 6) is 0.792. The van der Waals surface area contributed by atoms with Crippen LogP contribution in [0.3, 0.4) is 0 Å². The predicted molar refractivity (Wildman–Crippen MR) is 76.2 cm³/mol. The van der Waals surface area contributed by atoms with E-state index in [0.717, 1.165) is 12.5 Å². The van der Waals surface area contributed by atoms with Gasteiger partial charge in [0.15, 0.2) is 0 Å². The fourth-order valence-electron chi connectivity index (χ4n) is 2.20. The first-order chi connectivity index (χ1) is 9.86. The van der Waals surface area contributed by atoms with E-state index in [0.29, 0.717) is 5.76 Å². The molecule has 1 N–H and O–H groups in total. The van der Waals surface area contributed by atoms with Crippen LogP contribution in [-0.4, -0.2) is 7.05 Å². The smallest absolute Gasteiger partial charge is 0.417 e. The van der Waals surface area contributed by atoms with E-state index in [1.807, 2.05) is 6.92 Å². The molecule has 0 saturated heterocycles. The summed E-state index contributed by atoms with van der Waals surface area (Å²) < 4.78 is 44.9. The maximum Gasteiger partial charge on any atom is 0.417 e. The van der Waals surface area contributed by atoms with Gasteiger partial charge in [-0.15, -0.1) is 0 Å². The van der Waals surface area contributed by atoms with E-state index < -0.39 is 11.7 Å². The summed E-state index contributed by atoms with van der Waals surface area (Å²) in [5.41, 5.74) is -0.808. The number of benzene rings is 1. The molecule has 0 fully saturated rings. The molecule has 2 nitrogen and oxygen atoms in total. The Morgan fingerprint density at radius 3 is 2.52 bits per heavy atom. The lowest BCUT2D eigenvalue weighted by Crippen LogP contribution is -2.14. The van der Waals surface area contributed by atoms with E-state index in [1.54, 1.807) is 19.2 Å². The van der Waals surface area contributed by atoms with Gasteiger partial charge in [-0.3, -0.25) is 0 Å². The van der Waals surface area contributed by atoms with Gasteiger partial charge in [-0.25, -0.2) is 0 Å². The number of rotatable bonds is 4. The molecule has 0 saturated carbocycles. The molecule has 2 aromatic rings. The van der Waals surface area contributed by atoms with Crippen molar-refractivity contribution >= 4 is 11.6 Å². The van der Waals surface area contributed by atoms with Crippen LogP contribution in [0.15, 0.2) is 34.7 Å². The van der Waals surface area contributed by atoms with Crippen molar-refractivity contribution in [3.8, 4) is 11.3 Å². The SMILES string of the molecule is CCC(NC)c1ccc(-c2ccc(Cl)cc2C(F)(F)F)o1.